The molecular weight excluding hydrogens is 899 g/mol. The molecule has 2 atom stereocenters. The van der Waals surface area contributed by atoms with E-state index >= 15 is 0 Å². The van der Waals surface area contributed by atoms with Crippen LogP contribution in [-0.2, 0) is 84.4 Å². The Morgan fingerprint density at radius 2 is 1.22 bits per heavy atom. The Bertz CT molecular complexity index is 1590. The van der Waals surface area contributed by atoms with E-state index < -0.39 is 0 Å². The number of aryl methyl sites for hydroxylation is 1. The number of likely N-dealkylation sites (tertiary alicyclic amines) is 1. The molecule has 1 N–H and O–H groups in total. The number of unbranched alkanes of at least 4 members (excludes halogenated alkanes) is 2. The zero-order chi connectivity index (χ0) is 49.7. The van der Waals surface area contributed by atoms with Gasteiger partial charge in [-0.05, 0) is 44.4 Å². The van der Waals surface area contributed by atoms with Gasteiger partial charge < -0.3 is 47.9 Å². The third-order valence-electron chi connectivity index (χ3n) is 12.0. The Kier molecular flexibility index (Phi) is 33.0. The number of nitrogens with one attached hydrogen (secondary N) is 1. The van der Waals surface area contributed by atoms with Crippen molar-refractivity contribution >= 4 is 35.1 Å². The summed E-state index contributed by atoms with van der Waals surface area (Å²) in [5.41, 5.74) is 0.780. The third kappa shape index (κ3) is 27.6. The number of rotatable bonds is 45. The molecule has 1 aromatic rings. The molecule has 3 rings (SSSR count). The first-order chi connectivity index (χ1) is 33.6. The van der Waals surface area contributed by atoms with Crippen LogP contribution in [0.1, 0.15) is 103 Å². The van der Waals surface area contributed by atoms with E-state index in [-0.39, 0.29) is 78.4 Å². The molecule has 20 heteroatoms. The molecule has 2 aliphatic rings. The van der Waals surface area contributed by atoms with Crippen LogP contribution in [-0.4, -0.2) is 187 Å². The van der Waals surface area contributed by atoms with Gasteiger partial charge in [-0.1, -0.05) is 38.3 Å². The zero-order valence-electron chi connectivity index (χ0n) is 41.8. The van der Waals surface area contributed by atoms with E-state index in [1.54, 1.807) is 18.7 Å². The fraction of sp³-hybridized carbons (Fsp3) is 0.837. The van der Waals surface area contributed by atoms with E-state index in [0.29, 0.717) is 157 Å². The van der Waals surface area contributed by atoms with Gasteiger partial charge >= 0.3 is 0 Å². The van der Waals surface area contributed by atoms with Crippen molar-refractivity contribution in [1.82, 2.24) is 25.2 Å². The van der Waals surface area contributed by atoms with Crippen LogP contribution in [0.4, 0.5) is 0 Å². The summed E-state index contributed by atoms with van der Waals surface area (Å²) in [7, 11) is 1.57. The van der Waals surface area contributed by atoms with Gasteiger partial charge in [0.2, 0.25) is 17.7 Å². The fourth-order valence-electron chi connectivity index (χ4n) is 8.01. The van der Waals surface area contributed by atoms with Gasteiger partial charge in [-0.2, -0.15) is 0 Å². The largest absolute Gasteiger partial charge is 0.379 e. The van der Waals surface area contributed by atoms with Crippen molar-refractivity contribution in [3.8, 4) is 0 Å². The lowest BCUT2D eigenvalue weighted by molar-refractivity contribution is -0.140. The number of hydrogen-bond acceptors (Lipinski definition) is 17. The molecule has 1 aliphatic carbocycles. The number of imide groups is 1. The summed E-state index contributed by atoms with van der Waals surface area (Å²) in [6.45, 7) is 11.7. The SMILES string of the molecule is CCCCCC(CC(=O)COCC(=O)CCCOCCOCCOCCOCCOCCOCCOCCOCCn1cc(CCC(=O)C2CCC(CN3C(=O)CC(C)C3=O)CC2)nn1)C(=O)NC. The number of ether oxygens (including phenoxy) is 9. The minimum absolute atomic E-state index is 0.0288. The van der Waals surface area contributed by atoms with Crippen molar-refractivity contribution in [2.45, 2.75) is 110 Å². The number of carbonyl (C=O) groups excluding carboxylic acids is 6. The Balaban J connectivity index is 0.980. The van der Waals surface area contributed by atoms with Crippen LogP contribution in [0.2, 0.25) is 0 Å². The first-order valence-corrected chi connectivity index (χ1v) is 25.3. The molecule has 394 valence electrons. The Morgan fingerprint density at radius 1 is 0.681 bits per heavy atom. The molecule has 2 fully saturated rings. The molecule has 0 radical (unpaired) electrons. The molecular formula is C49H83N5O15. The number of ketones is 3. The van der Waals surface area contributed by atoms with Crippen LogP contribution in [0.25, 0.3) is 0 Å². The van der Waals surface area contributed by atoms with Gasteiger partial charge in [-0.15, -0.1) is 5.10 Å². The summed E-state index contributed by atoms with van der Waals surface area (Å²) >= 11 is 0. The smallest absolute Gasteiger partial charge is 0.232 e. The molecule has 3 amide bonds. The summed E-state index contributed by atoms with van der Waals surface area (Å²) in [5.74, 6) is -0.560. The van der Waals surface area contributed by atoms with Crippen LogP contribution >= 0.6 is 0 Å². The van der Waals surface area contributed by atoms with Crippen LogP contribution in [0.15, 0.2) is 6.20 Å². The van der Waals surface area contributed by atoms with Gasteiger partial charge in [0.1, 0.15) is 19.0 Å². The predicted molar refractivity (Wildman–Crippen MR) is 252 cm³/mol. The highest BCUT2D eigenvalue weighted by Gasteiger charge is 2.37. The van der Waals surface area contributed by atoms with Crippen molar-refractivity contribution < 1.29 is 71.4 Å². The number of amides is 3. The number of hydrogen-bond donors (Lipinski definition) is 1. The molecule has 0 spiro atoms. The summed E-state index contributed by atoms with van der Waals surface area (Å²) < 4.78 is 51.3. The first kappa shape index (κ1) is 59.7. The summed E-state index contributed by atoms with van der Waals surface area (Å²) in [6.07, 6.45) is 11.1. The normalized spacial score (nSPS) is 17.7. The van der Waals surface area contributed by atoms with Crippen LogP contribution in [0.3, 0.4) is 0 Å². The Morgan fingerprint density at radius 3 is 1.74 bits per heavy atom. The molecule has 0 aromatic carbocycles. The molecule has 20 nitrogen and oxygen atoms in total. The number of Topliss-reactive ketones (excluding diaryl/α,β-unsaturated/α-hetero) is 3. The second kappa shape index (κ2) is 38.1. The second-order valence-corrected chi connectivity index (χ2v) is 17.7. The van der Waals surface area contributed by atoms with Crippen LogP contribution in [0, 0.1) is 23.7 Å². The van der Waals surface area contributed by atoms with Crippen molar-refractivity contribution in [3.63, 3.8) is 0 Å². The molecule has 2 heterocycles. The zero-order valence-corrected chi connectivity index (χ0v) is 41.8. The lowest BCUT2D eigenvalue weighted by atomic mass is 9.79. The van der Waals surface area contributed by atoms with Gasteiger partial charge in [0, 0.05) is 76.3 Å². The maximum Gasteiger partial charge on any atom is 0.232 e. The van der Waals surface area contributed by atoms with E-state index in [4.69, 9.17) is 42.6 Å². The summed E-state index contributed by atoms with van der Waals surface area (Å²) in [5, 5.41) is 11.0. The molecule has 1 saturated heterocycles. The molecule has 69 heavy (non-hydrogen) atoms. The standard InChI is InChI=1S/C49H83N5O15/c1-4-5-6-8-42(48(59)50-3)34-45(56)38-69-37-44(55)9-7-17-61-19-21-63-23-25-65-27-29-67-31-32-68-30-28-66-26-24-64-22-20-62-18-16-53-36-43(51-52-53)14-15-46(57)41-12-10-40(11-13-41)35-54-47(58)33-39(2)49(54)60/h36,39-42H,4-35,37-38H2,1-3H3,(H,50,59). The van der Waals surface area contributed by atoms with Gasteiger partial charge in [-0.25, -0.2) is 4.68 Å². The first-order valence-electron chi connectivity index (χ1n) is 25.3. The van der Waals surface area contributed by atoms with E-state index in [1.165, 1.54) is 4.90 Å². The summed E-state index contributed by atoms with van der Waals surface area (Å²) in [6, 6.07) is 0. The van der Waals surface area contributed by atoms with Gasteiger partial charge in [0.25, 0.3) is 0 Å². The van der Waals surface area contributed by atoms with Crippen LogP contribution < -0.4 is 5.32 Å². The quantitative estimate of drug-likeness (QED) is 0.0729. The monoisotopic (exact) mass is 982 g/mol. The fourth-order valence-corrected chi connectivity index (χ4v) is 8.01. The summed E-state index contributed by atoms with van der Waals surface area (Å²) in [4.78, 5) is 75.1. The maximum atomic E-state index is 12.9. The van der Waals surface area contributed by atoms with Crippen LogP contribution in [0.5, 0.6) is 0 Å². The average molecular weight is 982 g/mol. The van der Waals surface area contributed by atoms with Gasteiger partial charge in [0.05, 0.1) is 111 Å². The predicted octanol–water partition coefficient (Wildman–Crippen LogP) is 3.38. The lowest BCUT2D eigenvalue weighted by Gasteiger charge is -2.30. The number of carbonyl (C=O) groups is 6. The van der Waals surface area contributed by atoms with E-state index in [2.05, 4.69) is 22.6 Å². The highest BCUT2D eigenvalue weighted by Crippen LogP contribution is 2.32. The lowest BCUT2D eigenvalue weighted by Crippen LogP contribution is -2.36. The molecule has 2 unspecified atom stereocenters. The highest BCUT2D eigenvalue weighted by molar-refractivity contribution is 6.03. The minimum atomic E-state index is -0.358. The molecule has 1 saturated carbocycles. The molecule has 0 bridgehead atoms. The second-order valence-electron chi connectivity index (χ2n) is 17.7. The van der Waals surface area contributed by atoms with Crippen molar-refractivity contribution in [1.29, 1.82) is 0 Å². The maximum absolute atomic E-state index is 12.9. The topological polar surface area (TPSA) is 231 Å². The van der Waals surface area contributed by atoms with Crippen molar-refractivity contribution in [3.05, 3.63) is 11.9 Å². The Labute approximate surface area is 409 Å². The molecule has 1 aliphatic heterocycles. The van der Waals surface area contributed by atoms with E-state index in [1.807, 2.05) is 6.20 Å². The average Bonchev–Trinajstić information content (AvgIpc) is 3.90. The number of aromatic nitrogens is 3. The van der Waals surface area contributed by atoms with Crippen molar-refractivity contribution in [2.24, 2.45) is 23.7 Å². The third-order valence-corrected chi connectivity index (χ3v) is 12.0. The Hall–Kier alpha value is -3.60. The molecule has 1 aromatic heterocycles. The van der Waals surface area contributed by atoms with Crippen molar-refractivity contribution in [2.75, 3.05) is 133 Å². The number of nitrogens with zero attached hydrogens (tertiary/aromatic N) is 4. The van der Waals surface area contributed by atoms with Gasteiger partial charge in [-0.3, -0.25) is 33.7 Å². The minimum Gasteiger partial charge on any atom is -0.379 e. The van der Waals surface area contributed by atoms with E-state index in [0.717, 1.165) is 50.6 Å². The highest BCUT2D eigenvalue weighted by atomic mass is 16.6. The van der Waals surface area contributed by atoms with E-state index in [9.17, 15) is 28.8 Å². The van der Waals surface area contributed by atoms with Gasteiger partial charge in [0.15, 0.2) is 11.6 Å².